The van der Waals surface area contributed by atoms with E-state index in [0.29, 0.717) is 0 Å². The Kier molecular flexibility index (Phi) is 7.86. The van der Waals surface area contributed by atoms with Crippen molar-refractivity contribution in [3.8, 4) is 0 Å². The van der Waals surface area contributed by atoms with Crippen molar-refractivity contribution in [2.24, 2.45) is 0 Å². The molecular weight excluding hydrogens is 207 g/mol. The Labute approximate surface area is 98.9 Å². The van der Waals surface area contributed by atoms with Crippen LogP contribution in [0.2, 0.25) is 0 Å². The normalized spacial score (nSPS) is 10.2. The average molecular weight is 215 g/mol. The molecule has 70 valence electrons. The van der Waals surface area contributed by atoms with Crippen molar-refractivity contribution in [2.45, 2.75) is 12.8 Å². The van der Waals surface area contributed by atoms with E-state index in [1.807, 2.05) is 0 Å². The van der Waals surface area contributed by atoms with Gasteiger partial charge in [0.25, 0.3) is 0 Å². The molecule has 0 unspecified atom stereocenters. The molecule has 0 bridgehead atoms. The van der Waals surface area contributed by atoms with Gasteiger partial charge in [-0.05, 0) is 18.4 Å². The largest absolute Gasteiger partial charge is 1.00 e. The number of rotatable bonds is 5. The Morgan fingerprint density at radius 2 is 1.85 bits per heavy atom. The molecule has 0 saturated heterocycles. The van der Waals surface area contributed by atoms with Crippen molar-refractivity contribution >= 4 is 16.1 Å². The molecule has 0 aliphatic rings. The summed E-state index contributed by atoms with van der Waals surface area (Å²) in [6.07, 6.45) is -0.0670. The maximum absolute atomic E-state index is 10.0. The molecule has 0 saturated carbocycles. The van der Waals surface area contributed by atoms with E-state index in [9.17, 15) is 22.9 Å². The van der Waals surface area contributed by atoms with E-state index in [0.717, 1.165) is 0 Å². The minimum Gasteiger partial charge on any atom is -0.748 e. The van der Waals surface area contributed by atoms with E-state index in [1.165, 1.54) is 0 Å². The van der Waals surface area contributed by atoms with E-state index in [1.54, 1.807) is 0 Å². The zero-order valence-electron chi connectivity index (χ0n) is 7.28. The molecule has 5 nitrogen and oxygen atoms in total. The third kappa shape index (κ3) is 10.0. The molecule has 0 atom stereocenters. The van der Waals surface area contributed by atoms with Crippen LogP contribution in [-0.2, 0) is 14.9 Å². The minimum atomic E-state index is -4.25. The van der Waals surface area contributed by atoms with Gasteiger partial charge in [0, 0.05) is 5.75 Å². The molecule has 0 aromatic carbocycles. The van der Waals surface area contributed by atoms with Gasteiger partial charge in [0.2, 0.25) is 0 Å². The average Bonchev–Trinajstić information content (AvgIpc) is 1.84. The zero-order chi connectivity index (χ0) is 9.78. The van der Waals surface area contributed by atoms with Crippen LogP contribution in [0, 0.1) is 0 Å². The second kappa shape index (κ2) is 6.56. The molecule has 0 aromatic heterocycles. The van der Waals surface area contributed by atoms with Gasteiger partial charge in [-0.3, -0.25) is 0 Å². The first kappa shape index (κ1) is 15.6. The Balaban J connectivity index is 0. The van der Waals surface area contributed by atoms with Gasteiger partial charge in [-0.1, -0.05) is 6.58 Å². The third-order valence-corrected chi connectivity index (χ3v) is 1.95. The van der Waals surface area contributed by atoms with Crippen molar-refractivity contribution < 1.29 is 52.4 Å². The summed E-state index contributed by atoms with van der Waals surface area (Å²) >= 11 is 0. The fourth-order valence-corrected chi connectivity index (χ4v) is 1.06. The molecule has 7 heteroatoms. The van der Waals surface area contributed by atoms with Gasteiger partial charge in [0.1, 0.15) is 0 Å². The van der Waals surface area contributed by atoms with E-state index < -0.39 is 21.8 Å². The van der Waals surface area contributed by atoms with Gasteiger partial charge in [-0.15, -0.1) is 0 Å². The number of carboxylic acids is 1. The predicted octanol–water partition coefficient (Wildman–Crippen LogP) is -4.38. The molecule has 0 aliphatic carbocycles. The van der Waals surface area contributed by atoms with Gasteiger partial charge in [0.15, 0.2) is 0 Å². The van der Waals surface area contributed by atoms with Crippen LogP contribution < -0.4 is 34.7 Å². The monoisotopic (exact) mass is 215 g/mol. The summed E-state index contributed by atoms with van der Waals surface area (Å²) < 4.78 is 30.1. The standard InChI is InChI=1S/C6H10O5S.Na/c1-5(6(7)8)3-2-4-12(9,10)11;/h1-4H2,(H,7,8)(H,9,10,11);/q;+1/p-2. The van der Waals surface area contributed by atoms with Gasteiger partial charge in [-0.2, -0.15) is 0 Å². The molecule has 0 heterocycles. The quantitative estimate of drug-likeness (QED) is 0.262. The smallest absolute Gasteiger partial charge is 0.748 e. The summed E-state index contributed by atoms with van der Waals surface area (Å²) in [7, 11) is -4.25. The number of hydrogen-bond acceptors (Lipinski definition) is 5. The van der Waals surface area contributed by atoms with Crippen molar-refractivity contribution in [1.82, 2.24) is 0 Å². The molecule has 0 N–H and O–H groups in total. The second-order valence-corrected chi connectivity index (χ2v) is 3.78. The Morgan fingerprint density at radius 1 is 1.38 bits per heavy atom. The summed E-state index contributed by atoms with van der Waals surface area (Å²) in [4.78, 5) is 10.0. The van der Waals surface area contributed by atoms with Gasteiger partial charge in [-0.25, -0.2) is 8.42 Å². The first-order chi connectivity index (χ1) is 5.33. The van der Waals surface area contributed by atoms with Crippen molar-refractivity contribution in [3.63, 3.8) is 0 Å². The van der Waals surface area contributed by atoms with E-state index >= 15 is 0 Å². The van der Waals surface area contributed by atoms with Gasteiger partial charge < -0.3 is 14.5 Å². The van der Waals surface area contributed by atoms with Crippen LogP contribution in [0.5, 0.6) is 0 Å². The first-order valence-electron chi connectivity index (χ1n) is 3.15. The van der Waals surface area contributed by atoms with Crippen molar-refractivity contribution in [2.75, 3.05) is 5.75 Å². The fourth-order valence-electron chi connectivity index (χ4n) is 0.564. The van der Waals surface area contributed by atoms with Crippen LogP contribution in [0.1, 0.15) is 12.8 Å². The van der Waals surface area contributed by atoms with Crippen molar-refractivity contribution in [3.05, 3.63) is 12.2 Å². The zero-order valence-corrected chi connectivity index (χ0v) is 10.1. The maximum Gasteiger partial charge on any atom is 1.00 e. The number of carbonyl (C=O) groups excluding carboxylic acids is 1. The summed E-state index contributed by atoms with van der Waals surface area (Å²) in [5.74, 6) is -1.99. The minimum absolute atomic E-state index is 0. The molecule has 0 fully saturated rings. The number of carboxylic acid groups (broad SMARTS) is 1. The van der Waals surface area contributed by atoms with Crippen LogP contribution in [0.4, 0.5) is 0 Å². The van der Waals surface area contributed by atoms with E-state index in [4.69, 9.17) is 0 Å². The van der Waals surface area contributed by atoms with Crippen LogP contribution in [-0.4, -0.2) is 24.7 Å². The molecule has 0 aromatic rings. The van der Waals surface area contributed by atoms with Crippen molar-refractivity contribution in [1.29, 1.82) is 0 Å². The van der Waals surface area contributed by atoms with E-state index in [2.05, 4.69) is 6.58 Å². The number of hydrogen-bond donors (Lipinski definition) is 0. The fraction of sp³-hybridized carbons (Fsp3) is 0.500. The summed E-state index contributed by atoms with van der Waals surface area (Å²) in [5.41, 5.74) is -0.196. The number of carbonyl (C=O) groups is 1. The van der Waals surface area contributed by atoms with Gasteiger partial charge in [0.05, 0.1) is 16.1 Å². The summed E-state index contributed by atoms with van der Waals surface area (Å²) in [5, 5.41) is 10.0. The topological polar surface area (TPSA) is 97.3 Å². The number of aliphatic carboxylic acids is 1. The summed E-state index contributed by atoms with van der Waals surface area (Å²) in [6.45, 7) is 3.11. The molecule has 0 amide bonds. The SMILES string of the molecule is C=C(CCCS(=O)(=O)[O-])C(=O)[O-].[Na+]. The Bertz CT molecular complexity index is 281. The molecule has 13 heavy (non-hydrogen) atoms. The Morgan fingerprint density at radius 3 is 2.15 bits per heavy atom. The molecule has 0 rings (SSSR count). The van der Waals surface area contributed by atoms with Gasteiger partial charge >= 0.3 is 29.6 Å². The first-order valence-corrected chi connectivity index (χ1v) is 4.73. The van der Waals surface area contributed by atoms with Crippen LogP contribution in [0.15, 0.2) is 12.2 Å². The molecule has 0 spiro atoms. The molecule has 0 aliphatic heterocycles. The second-order valence-electron chi connectivity index (χ2n) is 2.26. The Hall–Kier alpha value is 0.120. The maximum atomic E-state index is 10.0. The molecule has 0 radical (unpaired) electrons. The predicted molar refractivity (Wildman–Crippen MR) is 37.9 cm³/mol. The van der Waals surface area contributed by atoms with Crippen LogP contribution in [0.25, 0.3) is 0 Å². The third-order valence-electron chi connectivity index (χ3n) is 1.16. The summed E-state index contributed by atoms with van der Waals surface area (Å²) in [6, 6.07) is 0. The van der Waals surface area contributed by atoms with Crippen LogP contribution in [0.3, 0.4) is 0 Å². The van der Waals surface area contributed by atoms with Crippen LogP contribution >= 0.6 is 0 Å². The van der Waals surface area contributed by atoms with E-state index in [-0.39, 0.29) is 48.0 Å². The molecular formula is C6H8NaO5S-.